The number of fused-ring (bicyclic) bond motifs is 3. The fraction of sp³-hybridized carbons (Fsp3) is 0.182. The molecule has 4 rings (SSSR count). The minimum Gasteiger partial charge on any atom is -0.144 e. The van der Waals surface area contributed by atoms with Gasteiger partial charge in [0.2, 0.25) is 0 Å². The van der Waals surface area contributed by atoms with E-state index in [1.807, 2.05) is 0 Å². The standard InChI is InChI=1S/C22H20S/c1-15-6-10-18-19-11-8-16(7-9-17-5-4-12-23-17)14-21(19)22(2,3)20(18)13-15/h4-14H,1-3H3. The third-order valence-electron chi connectivity index (χ3n) is 4.84. The second-order valence-corrected chi connectivity index (χ2v) is 7.81. The quantitative estimate of drug-likeness (QED) is 0.504. The van der Waals surface area contributed by atoms with Gasteiger partial charge in [-0.3, -0.25) is 0 Å². The first-order valence-corrected chi connectivity index (χ1v) is 8.91. The van der Waals surface area contributed by atoms with Gasteiger partial charge in [0.1, 0.15) is 0 Å². The molecule has 0 radical (unpaired) electrons. The first-order chi connectivity index (χ1) is 11.1. The zero-order valence-electron chi connectivity index (χ0n) is 13.8. The monoisotopic (exact) mass is 316 g/mol. The Balaban J connectivity index is 1.79. The highest BCUT2D eigenvalue weighted by atomic mass is 32.1. The van der Waals surface area contributed by atoms with E-state index < -0.39 is 0 Å². The predicted molar refractivity (Wildman–Crippen MR) is 102 cm³/mol. The van der Waals surface area contributed by atoms with E-state index in [-0.39, 0.29) is 5.41 Å². The summed E-state index contributed by atoms with van der Waals surface area (Å²) in [6, 6.07) is 18.0. The Bertz CT molecular complexity index is 896. The Labute approximate surface area is 142 Å². The van der Waals surface area contributed by atoms with Gasteiger partial charge in [-0.2, -0.15) is 0 Å². The molecule has 0 atom stereocenters. The summed E-state index contributed by atoms with van der Waals surface area (Å²) in [5.41, 5.74) is 8.35. The second-order valence-electron chi connectivity index (χ2n) is 6.83. The van der Waals surface area contributed by atoms with Gasteiger partial charge in [-0.25, -0.2) is 0 Å². The maximum atomic E-state index is 2.36. The van der Waals surface area contributed by atoms with Crippen LogP contribution >= 0.6 is 11.3 Å². The van der Waals surface area contributed by atoms with E-state index in [1.54, 1.807) is 11.3 Å². The molecule has 0 unspecified atom stereocenters. The molecule has 0 amide bonds. The minimum atomic E-state index is 0.0729. The number of benzene rings is 2. The van der Waals surface area contributed by atoms with Crippen LogP contribution in [-0.2, 0) is 5.41 Å². The summed E-state index contributed by atoms with van der Waals surface area (Å²) in [5, 5.41) is 2.12. The summed E-state index contributed by atoms with van der Waals surface area (Å²) < 4.78 is 0. The Morgan fingerprint density at radius 2 is 1.61 bits per heavy atom. The van der Waals surface area contributed by atoms with Crippen LogP contribution in [0.1, 0.15) is 41.0 Å². The van der Waals surface area contributed by atoms with E-state index in [9.17, 15) is 0 Å². The fourth-order valence-corrected chi connectivity index (χ4v) is 4.16. The molecule has 1 heteroatoms. The van der Waals surface area contributed by atoms with Crippen LogP contribution in [0.15, 0.2) is 53.9 Å². The van der Waals surface area contributed by atoms with Crippen molar-refractivity contribution in [2.75, 3.05) is 0 Å². The van der Waals surface area contributed by atoms with Crippen molar-refractivity contribution in [2.45, 2.75) is 26.2 Å². The summed E-state index contributed by atoms with van der Waals surface area (Å²) in [6.07, 6.45) is 4.42. The van der Waals surface area contributed by atoms with E-state index in [4.69, 9.17) is 0 Å². The minimum absolute atomic E-state index is 0.0729. The van der Waals surface area contributed by atoms with Crippen LogP contribution in [0.4, 0.5) is 0 Å². The molecule has 0 spiro atoms. The third-order valence-corrected chi connectivity index (χ3v) is 5.68. The van der Waals surface area contributed by atoms with Gasteiger partial charge >= 0.3 is 0 Å². The maximum Gasteiger partial charge on any atom is 0.0270 e. The van der Waals surface area contributed by atoms with Crippen molar-refractivity contribution in [2.24, 2.45) is 0 Å². The van der Waals surface area contributed by atoms with Crippen LogP contribution in [0.2, 0.25) is 0 Å². The van der Waals surface area contributed by atoms with E-state index in [0.717, 1.165) is 0 Å². The molecule has 0 fully saturated rings. The third kappa shape index (κ3) is 2.36. The average molecular weight is 316 g/mol. The lowest BCUT2D eigenvalue weighted by atomic mass is 9.81. The lowest BCUT2D eigenvalue weighted by Gasteiger charge is -2.22. The Morgan fingerprint density at radius 3 is 2.35 bits per heavy atom. The number of thiophene rings is 1. The summed E-state index contributed by atoms with van der Waals surface area (Å²) in [4.78, 5) is 1.30. The smallest absolute Gasteiger partial charge is 0.0270 e. The van der Waals surface area contributed by atoms with E-state index in [1.165, 1.54) is 38.3 Å². The van der Waals surface area contributed by atoms with Gasteiger partial charge in [-0.1, -0.05) is 68.0 Å². The van der Waals surface area contributed by atoms with Crippen LogP contribution in [-0.4, -0.2) is 0 Å². The molecule has 2 aromatic carbocycles. The van der Waals surface area contributed by atoms with Gasteiger partial charge in [0.05, 0.1) is 0 Å². The Hall–Kier alpha value is -2.12. The lowest BCUT2D eigenvalue weighted by Crippen LogP contribution is -2.15. The highest BCUT2D eigenvalue weighted by Gasteiger charge is 2.35. The van der Waals surface area contributed by atoms with Crippen molar-refractivity contribution < 1.29 is 0 Å². The van der Waals surface area contributed by atoms with Crippen molar-refractivity contribution in [3.63, 3.8) is 0 Å². The molecular formula is C22H20S. The van der Waals surface area contributed by atoms with E-state index in [2.05, 4.69) is 86.8 Å². The molecule has 1 heterocycles. The van der Waals surface area contributed by atoms with Crippen LogP contribution in [0.3, 0.4) is 0 Å². The molecule has 0 saturated heterocycles. The van der Waals surface area contributed by atoms with E-state index in [0.29, 0.717) is 0 Å². The van der Waals surface area contributed by atoms with Crippen molar-refractivity contribution in [1.82, 2.24) is 0 Å². The Morgan fingerprint density at radius 1 is 0.870 bits per heavy atom. The Kier molecular flexibility index (Phi) is 3.28. The molecule has 23 heavy (non-hydrogen) atoms. The number of hydrogen-bond acceptors (Lipinski definition) is 1. The van der Waals surface area contributed by atoms with Crippen LogP contribution in [0, 0.1) is 6.92 Å². The molecule has 0 aliphatic heterocycles. The molecule has 3 aromatic rings. The first kappa shape index (κ1) is 14.5. The van der Waals surface area contributed by atoms with Gasteiger partial charge < -0.3 is 0 Å². The summed E-state index contributed by atoms with van der Waals surface area (Å²) in [7, 11) is 0. The van der Waals surface area contributed by atoms with E-state index >= 15 is 0 Å². The normalized spacial score (nSPS) is 14.9. The zero-order valence-corrected chi connectivity index (χ0v) is 14.6. The van der Waals surface area contributed by atoms with Gasteiger partial charge in [0.25, 0.3) is 0 Å². The predicted octanol–water partition coefficient (Wildman–Crippen LogP) is 6.53. The molecule has 0 bridgehead atoms. The van der Waals surface area contributed by atoms with Crippen molar-refractivity contribution in [3.05, 3.63) is 81.0 Å². The number of rotatable bonds is 2. The molecule has 1 aliphatic rings. The van der Waals surface area contributed by atoms with Crippen molar-refractivity contribution >= 4 is 23.5 Å². The topological polar surface area (TPSA) is 0 Å². The average Bonchev–Trinajstić information content (AvgIpc) is 3.12. The molecule has 0 nitrogen and oxygen atoms in total. The summed E-state index contributed by atoms with van der Waals surface area (Å²) in [6.45, 7) is 6.85. The molecule has 0 saturated carbocycles. The molecule has 114 valence electrons. The van der Waals surface area contributed by atoms with Gasteiger partial charge in [0, 0.05) is 10.3 Å². The largest absolute Gasteiger partial charge is 0.144 e. The highest BCUT2D eigenvalue weighted by molar-refractivity contribution is 7.10. The van der Waals surface area contributed by atoms with Gasteiger partial charge in [-0.05, 0) is 52.3 Å². The van der Waals surface area contributed by atoms with Crippen LogP contribution in [0.5, 0.6) is 0 Å². The van der Waals surface area contributed by atoms with Crippen LogP contribution in [0.25, 0.3) is 23.3 Å². The summed E-state index contributed by atoms with van der Waals surface area (Å²) >= 11 is 1.77. The van der Waals surface area contributed by atoms with Crippen molar-refractivity contribution in [3.8, 4) is 11.1 Å². The first-order valence-electron chi connectivity index (χ1n) is 8.03. The summed E-state index contributed by atoms with van der Waals surface area (Å²) in [5.74, 6) is 0. The SMILES string of the molecule is Cc1ccc2c(c1)C(C)(C)c1cc(C=Cc3cccs3)ccc1-2. The lowest BCUT2D eigenvalue weighted by molar-refractivity contribution is 0.659. The fourth-order valence-electron chi connectivity index (χ4n) is 3.54. The van der Waals surface area contributed by atoms with Gasteiger partial charge in [-0.15, -0.1) is 11.3 Å². The second kappa shape index (κ2) is 5.21. The zero-order chi connectivity index (χ0) is 16.0. The highest BCUT2D eigenvalue weighted by Crippen LogP contribution is 2.49. The number of aryl methyl sites for hydroxylation is 1. The van der Waals surface area contributed by atoms with Crippen molar-refractivity contribution in [1.29, 1.82) is 0 Å². The molecule has 1 aromatic heterocycles. The number of hydrogen-bond donors (Lipinski definition) is 0. The molecular weight excluding hydrogens is 296 g/mol. The van der Waals surface area contributed by atoms with Gasteiger partial charge in [0.15, 0.2) is 0 Å². The molecule has 1 aliphatic carbocycles. The molecule has 0 N–H and O–H groups in total. The maximum absolute atomic E-state index is 2.36. The van der Waals surface area contributed by atoms with Crippen LogP contribution < -0.4 is 0 Å².